The lowest BCUT2D eigenvalue weighted by atomic mass is 10.1. The Hall–Kier alpha value is -3.31. The van der Waals surface area contributed by atoms with Gasteiger partial charge in [0.05, 0.1) is 12.2 Å². The summed E-state index contributed by atoms with van der Waals surface area (Å²) < 4.78 is 5.81. The number of halogens is 1. The molecule has 0 aliphatic heterocycles. The maximum absolute atomic E-state index is 12.8. The third-order valence-corrected chi connectivity index (χ3v) is 4.78. The van der Waals surface area contributed by atoms with Gasteiger partial charge in [-0.2, -0.15) is 0 Å². The summed E-state index contributed by atoms with van der Waals surface area (Å²) in [6, 6.07) is 20.8. The van der Waals surface area contributed by atoms with Crippen LogP contribution in [0.1, 0.15) is 41.0 Å². The Bertz CT molecular complexity index is 1070. The molecular formula is C25H25ClN2O3. The van der Waals surface area contributed by atoms with E-state index in [0.717, 1.165) is 6.42 Å². The van der Waals surface area contributed by atoms with Crippen molar-refractivity contribution in [2.75, 3.05) is 17.2 Å². The molecule has 0 radical (unpaired) electrons. The molecule has 3 rings (SSSR count). The molecule has 31 heavy (non-hydrogen) atoms. The number of benzene rings is 3. The Morgan fingerprint density at radius 3 is 2.29 bits per heavy atom. The van der Waals surface area contributed by atoms with Crippen LogP contribution in [0.2, 0.25) is 5.02 Å². The summed E-state index contributed by atoms with van der Waals surface area (Å²) in [5.74, 6) is 0.459. The third kappa shape index (κ3) is 6.59. The van der Waals surface area contributed by atoms with Gasteiger partial charge in [-0.05, 0) is 60.9 Å². The smallest absolute Gasteiger partial charge is 0.259 e. The van der Waals surface area contributed by atoms with Crippen LogP contribution < -0.4 is 15.4 Å². The second-order valence-corrected chi connectivity index (χ2v) is 7.96. The Kier molecular flexibility index (Phi) is 7.68. The summed E-state index contributed by atoms with van der Waals surface area (Å²) in [5, 5.41) is 6.18. The van der Waals surface area contributed by atoms with E-state index in [-0.39, 0.29) is 11.8 Å². The van der Waals surface area contributed by atoms with Crippen LogP contribution in [0.5, 0.6) is 5.75 Å². The van der Waals surface area contributed by atoms with Crippen LogP contribution in [0.3, 0.4) is 0 Å². The lowest BCUT2D eigenvalue weighted by Gasteiger charge is -2.13. The summed E-state index contributed by atoms with van der Waals surface area (Å²) in [6.45, 7) is 4.79. The lowest BCUT2D eigenvalue weighted by Crippen LogP contribution is -2.16. The molecule has 0 spiro atoms. The maximum atomic E-state index is 12.8. The molecule has 0 heterocycles. The zero-order valence-corrected chi connectivity index (χ0v) is 18.3. The molecule has 0 aliphatic rings. The minimum absolute atomic E-state index is 0.296. The fraction of sp³-hybridized carbons (Fsp3) is 0.200. The van der Waals surface area contributed by atoms with E-state index in [1.807, 2.05) is 6.07 Å². The summed E-state index contributed by atoms with van der Waals surface area (Å²) in [7, 11) is 0. The zero-order valence-electron chi connectivity index (χ0n) is 17.5. The highest BCUT2D eigenvalue weighted by Crippen LogP contribution is 2.22. The molecule has 0 bridgehead atoms. The van der Waals surface area contributed by atoms with Gasteiger partial charge < -0.3 is 15.4 Å². The van der Waals surface area contributed by atoms with Gasteiger partial charge in [-0.1, -0.05) is 49.7 Å². The van der Waals surface area contributed by atoms with Crippen molar-refractivity contribution in [3.8, 4) is 5.75 Å². The van der Waals surface area contributed by atoms with Crippen LogP contribution >= 0.6 is 11.6 Å². The summed E-state index contributed by atoms with van der Waals surface area (Å²) >= 11 is 5.97. The SMILES string of the molecule is CC(C)CCOc1ccccc1C(=O)Nc1cccc(C(=O)Nc2cccc(Cl)c2)c1. The second kappa shape index (κ2) is 10.6. The number of rotatable bonds is 8. The van der Waals surface area contributed by atoms with Crippen LogP contribution in [0.25, 0.3) is 0 Å². The van der Waals surface area contributed by atoms with Crippen molar-refractivity contribution in [2.45, 2.75) is 20.3 Å². The van der Waals surface area contributed by atoms with E-state index in [9.17, 15) is 9.59 Å². The van der Waals surface area contributed by atoms with E-state index in [1.165, 1.54) is 0 Å². The van der Waals surface area contributed by atoms with Gasteiger partial charge >= 0.3 is 0 Å². The molecule has 0 saturated heterocycles. The molecule has 0 aliphatic carbocycles. The Morgan fingerprint density at radius 2 is 1.55 bits per heavy atom. The number of carbonyl (C=O) groups excluding carboxylic acids is 2. The van der Waals surface area contributed by atoms with Gasteiger partial charge in [0.1, 0.15) is 5.75 Å². The molecule has 3 aromatic rings. The predicted octanol–water partition coefficient (Wildman–Crippen LogP) is 6.27. The van der Waals surface area contributed by atoms with E-state index in [2.05, 4.69) is 24.5 Å². The van der Waals surface area contributed by atoms with Gasteiger partial charge in [-0.3, -0.25) is 9.59 Å². The highest BCUT2D eigenvalue weighted by Gasteiger charge is 2.14. The van der Waals surface area contributed by atoms with Crippen LogP contribution in [-0.2, 0) is 0 Å². The molecule has 2 amide bonds. The number of nitrogens with one attached hydrogen (secondary N) is 2. The van der Waals surface area contributed by atoms with Crippen molar-refractivity contribution in [1.82, 2.24) is 0 Å². The molecule has 5 nitrogen and oxygen atoms in total. The standard InChI is InChI=1S/C25H25ClN2O3/c1-17(2)13-14-31-23-12-4-3-11-22(23)25(30)28-20-9-5-7-18(15-20)24(29)27-21-10-6-8-19(26)16-21/h3-12,15-17H,13-14H2,1-2H3,(H,27,29)(H,28,30). The van der Waals surface area contributed by atoms with Crippen molar-refractivity contribution >= 4 is 34.8 Å². The first-order chi connectivity index (χ1) is 14.9. The summed E-state index contributed by atoms with van der Waals surface area (Å²) in [5.41, 5.74) is 1.97. The van der Waals surface area contributed by atoms with Gasteiger partial charge in [0, 0.05) is 22.0 Å². The molecule has 0 atom stereocenters. The Morgan fingerprint density at radius 1 is 0.871 bits per heavy atom. The van der Waals surface area contributed by atoms with E-state index in [4.69, 9.17) is 16.3 Å². The van der Waals surface area contributed by atoms with Gasteiger partial charge in [-0.15, -0.1) is 0 Å². The number of hydrogen-bond donors (Lipinski definition) is 2. The first-order valence-corrected chi connectivity index (χ1v) is 10.5. The Labute approximate surface area is 187 Å². The third-order valence-electron chi connectivity index (χ3n) is 4.55. The molecule has 6 heteroatoms. The highest BCUT2D eigenvalue weighted by molar-refractivity contribution is 6.31. The number of para-hydroxylation sites is 1. The van der Waals surface area contributed by atoms with Gasteiger partial charge in [0.2, 0.25) is 0 Å². The monoisotopic (exact) mass is 436 g/mol. The topological polar surface area (TPSA) is 67.4 Å². The predicted molar refractivity (Wildman–Crippen MR) is 125 cm³/mol. The number of ether oxygens (including phenoxy) is 1. The molecule has 3 aromatic carbocycles. The van der Waals surface area contributed by atoms with Gasteiger partial charge in [0.25, 0.3) is 11.8 Å². The number of carbonyl (C=O) groups is 2. The van der Waals surface area contributed by atoms with Crippen molar-refractivity contribution in [2.24, 2.45) is 5.92 Å². The molecule has 0 aromatic heterocycles. The highest BCUT2D eigenvalue weighted by atomic mass is 35.5. The normalized spacial score (nSPS) is 10.6. The van der Waals surface area contributed by atoms with Gasteiger partial charge in [-0.25, -0.2) is 0 Å². The van der Waals surface area contributed by atoms with E-state index in [0.29, 0.717) is 45.8 Å². The molecule has 160 valence electrons. The van der Waals surface area contributed by atoms with Crippen LogP contribution in [0.4, 0.5) is 11.4 Å². The van der Waals surface area contributed by atoms with Crippen molar-refractivity contribution in [3.05, 3.63) is 88.9 Å². The van der Waals surface area contributed by atoms with Crippen molar-refractivity contribution < 1.29 is 14.3 Å². The second-order valence-electron chi connectivity index (χ2n) is 7.53. The molecule has 0 fully saturated rings. The zero-order chi connectivity index (χ0) is 22.2. The molecule has 0 unspecified atom stereocenters. The van der Waals surface area contributed by atoms with Crippen molar-refractivity contribution in [1.29, 1.82) is 0 Å². The summed E-state index contributed by atoms with van der Waals surface area (Å²) in [4.78, 5) is 25.4. The minimum atomic E-state index is -0.299. The number of amides is 2. The van der Waals surface area contributed by atoms with E-state index in [1.54, 1.807) is 66.7 Å². The van der Waals surface area contributed by atoms with Crippen molar-refractivity contribution in [3.63, 3.8) is 0 Å². The summed E-state index contributed by atoms with van der Waals surface area (Å²) in [6.07, 6.45) is 0.903. The van der Waals surface area contributed by atoms with Gasteiger partial charge in [0.15, 0.2) is 0 Å². The van der Waals surface area contributed by atoms with E-state index < -0.39 is 0 Å². The Balaban J connectivity index is 1.69. The van der Waals surface area contributed by atoms with E-state index >= 15 is 0 Å². The number of hydrogen-bond acceptors (Lipinski definition) is 3. The quantitative estimate of drug-likeness (QED) is 0.437. The minimum Gasteiger partial charge on any atom is -0.493 e. The van der Waals surface area contributed by atoms with Crippen LogP contribution in [-0.4, -0.2) is 18.4 Å². The molecule has 2 N–H and O–H groups in total. The lowest BCUT2D eigenvalue weighted by molar-refractivity contribution is 0.101. The maximum Gasteiger partial charge on any atom is 0.259 e. The molecular weight excluding hydrogens is 412 g/mol. The largest absolute Gasteiger partial charge is 0.493 e. The average Bonchev–Trinajstić information content (AvgIpc) is 2.74. The first-order valence-electron chi connectivity index (χ1n) is 10.1. The van der Waals surface area contributed by atoms with Crippen LogP contribution in [0.15, 0.2) is 72.8 Å². The number of anilines is 2. The first kappa shape index (κ1) is 22.4. The fourth-order valence-electron chi connectivity index (χ4n) is 2.89. The van der Waals surface area contributed by atoms with Crippen LogP contribution in [0, 0.1) is 5.92 Å². The fourth-order valence-corrected chi connectivity index (χ4v) is 3.08. The molecule has 0 saturated carbocycles. The average molecular weight is 437 g/mol.